The third-order valence-electron chi connectivity index (χ3n) is 4.46. The molecule has 7 heteroatoms. The topological polar surface area (TPSA) is 76.5 Å². The zero-order chi connectivity index (χ0) is 19.5. The van der Waals surface area contributed by atoms with Gasteiger partial charge in [0.05, 0.1) is 0 Å². The number of benzene rings is 2. The van der Waals surface area contributed by atoms with Crippen molar-refractivity contribution >= 4 is 28.4 Å². The van der Waals surface area contributed by atoms with Crippen LogP contribution in [0.3, 0.4) is 0 Å². The van der Waals surface area contributed by atoms with E-state index in [2.05, 4.69) is 34.4 Å². The number of para-hydroxylation sites is 1. The maximum atomic E-state index is 13.6. The molecule has 4 rings (SSSR count). The number of nitrogens with one attached hydrogen (secondary N) is 1. The van der Waals surface area contributed by atoms with Crippen LogP contribution in [0.4, 0.5) is 0 Å². The van der Waals surface area contributed by atoms with E-state index in [1.807, 2.05) is 54.6 Å². The number of tetrazole rings is 1. The van der Waals surface area contributed by atoms with E-state index in [-0.39, 0.29) is 5.78 Å². The number of hydrogen-bond donors (Lipinski definition) is 1. The smallest absolute Gasteiger partial charge is 0.210 e. The summed E-state index contributed by atoms with van der Waals surface area (Å²) in [5, 5.41) is 13.2. The molecule has 2 aromatic heterocycles. The van der Waals surface area contributed by atoms with E-state index in [0.29, 0.717) is 23.2 Å². The number of ketones is 1. The fourth-order valence-corrected chi connectivity index (χ4v) is 4.22. The van der Waals surface area contributed by atoms with Gasteiger partial charge in [0, 0.05) is 29.2 Å². The van der Waals surface area contributed by atoms with Crippen LogP contribution in [0.25, 0.3) is 10.9 Å². The maximum Gasteiger partial charge on any atom is 0.210 e. The fraction of sp³-hybridized carbons (Fsp3) is 0.238. The minimum atomic E-state index is -0.433. The summed E-state index contributed by atoms with van der Waals surface area (Å²) in [6.45, 7) is 4.93. The second-order valence-electron chi connectivity index (χ2n) is 7.06. The maximum absolute atomic E-state index is 13.6. The number of thioether (sulfide) groups is 1. The van der Waals surface area contributed by atoms with E-state index < -0.39 is 5.25 Å². The molecule has 1 unspecified atom stereocenters. The Hall–Kier alpha value is -2.93. The highest BCUT2D eigenvalue weighted by molar-refractivity contribution is 8.00. The second kappa shape index (κ2) is 7.98. The van der Waals surface area contributed by atoms with Gasteiger partial charge in [-0.05, 0) is 28.0 Å². The summed E-state index contributed by atoms with van der Waals surface area (Å²) >= 11 is 1.40. The van der Waals surface area contributed by atoms with Crippen LogP contribution in [0.1, 0.15) is 35.0 Å². The third kappa shape index (κ3) is 3.71. The van der Waals surface area contributed by atoms with Gasteiger partial charge in [0.2, 0.25) is 5.16 Å². The molecule has 0 bridgehead atoms. The number of carbonyl (C=O) groups is 1. The Labute approximate surface area is 167 Å². The zero-order valence-corrected chi connectivity index (χ0v) is 16.6. The molecule has 142 valence electrons. The summed E-state index contributed by atoms with van der Waals surface area (Å²) in [6, 6.07) is 17.6. The van der Waals surface area contributed by atoms with Crippen molar-refractivity contribution in [1.82, 2.24) is 25.2 Å². The fourth-order valence-electron chi connectivity index (χ4n) is 3.16. The molecule has 0 saturated carbocycles. The number of fused-ring (bicyclic) bond motifs is 1. The quantitative estimate of drug-likeness (QED) is 0.370. The lowest BCUT2D eigenvalue weighted by molar-refractivity contribution is 0.0991. The average molecular weight is 392 g/mol. The number of nitrogens with zero attached hydrogens (tertiary/aromatic N) is 4. The first kappa shape index (κ1) is 18.4. The van der Waals surface area contributed by atoms with Crippen LogP contribution >= 0.6 is 11.8 Å². The number of rotatable bonds is 7. The minimum absolute atomic E-state index is 0.0350. The van der Waals surface area contributed by atoms with E-state index in [1.165, 1.54) is 11.8 Å². The highest BCUT2D eigenvalue weighted by Gasteiger charge is 2.27. The Morgan fingerprint density at radius 3 is 2.64 bits per heavy atom. The molecular formula is C21H21N5OS. The molecule has 4 aromatic rings. The molecule has 2 heterocycles. The minimum Gasteiger partial charge on any atom is -0.360 e. The Morgan fingerprint density at radius 2 is 1.86 bits per heavy atom. The third-order valence-corrected chi connectivity index (χ3v) is 5.68. The number of aromatic amines is 1. The van der Waals surface area contributed by atoms with Crippen molar-refractivity contribution in [2.24, 2.45) is 5.92 Å². The summed E-state index contributed by atoms with van der Waals surface area (Å²) in [5.41, 5.74) is 2.56. The number of aromatic nitrogens is 5. The van der Waals surface area contributed by atoms with Crippen LogP contribution in [0.5, 0.6) is 0 Å². The van der Waals surface area contributed by atoms with Crippen molar-refractivity contribution in [2.75, 3.05) is 0 Å². The monoisotopic (exact) mass is 391 g/mol. The first-order chi connectivity index (χ1) is 13.6. The lowest BCUT2D eigenvalue weighted by Gasteiger charge is -2.16. The predicted molar refractivity (Wildman–Crippen MR) is 110 cm³/mol. The van der Waals surface area contributed by atoms with Crippen LogP contribution in [-0.4, -0.2) is 31.0 Å². The molecule has 6 nitrogen and oxygen atoms in total. The van der Waals surface area contributed by atoms with Gasteiger partial charge in [-0.25, -0.2) is 4.68 Å². The number of H-pyrrole nitrogens is 1. The lowest BCUT2D eigenvalue weighted by Crippen LogP contribution is -2.13. The Morgan fingerprint density at radius 1 is 1.11 bits per heavy atom. The molecule has 0 amide bonds. The van der Waals surface area contributed by atoms with E-state index in [1.54, 1.807) is 10.9 Å². The average Bonchev–Trinajstić information content (AvgIpc) is 3.32. The van der Waals surface area contributed by atoms with Gasteiger partial charge in [0.15, 0.2) is 5.78 Å². The molecule has 0 spiro atoms. The van der Waals surface area contributed by atoms with Gasteiger partial charge in [-0.1, -0.05) is 74.1 Å². The van der Waals surface area contributed by atoms with Crippen molar-refractivity contribution in [3.63, 3.8) is 0 Å². The van der Waals surface area contributed by atoms with Gasteiger partial charge in [-0.3, -0.25) is 4.79 Å². The van der Waals surface area contributed by atoms with E-state index in [0.717, 1.165) is 16.5 Å². The van der Waals surface area contributed by atoms with Crippen molar-refractivity contribution in [3.05, 3.63) is 71.9 Å². The molecule has 1 atom stereocenters. The molecule has 28 heavy (non-hydrogen) atoms. The molecule has 0 aliphatic carbocycles. The van der Waals surface area contributed by atoms with Crippen LogP contribution in [0, 0.1) is 5.92 Å². The van der Waals surface area contributed by atoms with E-state index in [4.69, 9.17) is 0 Å². The van der Waals surface area contributed by atoms with E-state index >= 15 is 0 Å². The second-order valence-corrected chi connectivity index (χ2v) is 8.13. The molecule has 0 aliphatic rings. The molecule has 2 aromatic carbocycles. The molecular weight excluding hydrogens is 370 g/mol. The van der Waals surface area contributed by atoms with Crippen molar-refractivity contribution < 1.29 is 4.79 Å². The van der Waals surface area contributed by atoms with Gasteiger partial charge < -0.3 is 4.98 Å². The standard InChI is InChI=1S/C21H21N5OS/c1-14(2)13-26-21(23-24-25-26)28-20(15-8-4-3-5-9-15)19(27)17-12-22-18-11-7-6-10-16(17)18/h3-12,14,20,22H,13H2,1-2H3. The molecule has 0 saturated heterocycles. The van der Waals surface area contributed by atoms with Gasteiger partial charge in [-0.2, -0.15) is 0 Å². The van der Waals surface area contributed by atoms with Crippen LogP contribution in [0.2, 0.25) is 0 Å². The first-order valence-corrected chi connectivity index (χ1v) is 10.1. The Kier molecular flexibility index (Phi) is 5.25. The zero-order valence-electron chi connectivity index (χ0n) is 15.7. The number of hydrogen-bond acceptors (Lipinski definition) is 5. The van der Waals surface area contributed by atoms with Gasteiger partial charge in [0.25, 0.3) is 0 Å². The molecule has 0 aliphatic heterocycles. The van der Waals surface area contributed by atoms with Crippen molar-refractivity contribution in [1.29, 1.82) is 0 Å². The first-order valence-electron chi connectivity index (χ1n) is 9.21. The summed E-state index contributed by atoms with van der Waals surface area (Å²) in [7, 11) is 0. The van der Waals surface area contributed by atoms with Crippen molar-refractivity contribution in [3.8, 4) is 0 Å². The van der Waals surface area contributed by atoms with Crippen LogP contribution in [0.15, 0.2) is 66.0 Å². The lowest BCUT2D eigenvalue weighted by atomic mass is 10.0. The number of carbonyl (C=O) groups excluding carboxylic acids is 1. The summed E-state index contributed by atoms with van der Waals surface area (Å²) < 4.78 is 1.77. The molecule has 0 radical (unpaired) electrons. The summed E-state index contributed by atoms with van der Waals surface area (Å²) in [4.78, 5) is 16.8. The molecule has 1 N–H and O–H groups in total. The molecule has 0 fully saturated rings. The van der Waals surface area contributed by atoms with Gasteiger partial charge in [0.1, 0.15) is 5.25 Å². The van der Waals surface area contributed by atoms with Crippen LogP contribution in [-0.2, 0) is 6.54 Å². The number of Topliss-reactive ketones (excluding diaryl/α,β-unsaturated/α-hetero) is 1. The summed E-state index contributed by atoms with van der Waals surface area (Å²) in [5.74, 6) is 0.440. The normalized spacial score (nSPS) is 12.5. The Bertz CT molecular complexity index is 1090. The van der Waals surface area contributed by atoms with Gasteiger partial charge in [-0.15, -0.1) is 5.10 Å². The summed E-state index contributed by atoms with van der Waals surface area (Å²) in [6.07, 6.45) is 1.79. The van der Waals surface area contributed by atoms with E-state index in [9.17, 15) is 4.79 Å². The van der Waals surface area contributed by atoms with Crippen molar-refractivity contribution in [2.45, 2.75) is 30.8 Å². The highest BCUT2D eigenvalue weighted by Crippen LogP contribution is 2.38. The largest absolute Gasteiger partial charge is 0.360 e. The SMILES string of the molecule is CC(C)Cn1nnnc1SC(C(=O)c1c[nH]c2ccccc12)c1ccccc1. The van der Waals surface area contributed by atoms with Gasteiger partial charge >= 0.3 is 0 Å². The van der Waals surface area contributed by atoms with Crippen LogP contribution < -0.4 is 0 Å². The highest BCUT2D eigenvalue weighted by atomic mass is 32.2. The predicted octanol–water partition coefficient (Wildman–Crippen LogP) is 4.53. The Balaban J connectivity index is 1.73.